The number of rotatable bonds is 7. The van der Waals surface area contributed by atoms with E-state index in [1.54, 1.807) is 31.2 Å². The van der Waals surface area contributed by atoms with E-state index in [9.17, 15) is 19.7 Å². The van der Waals surface area contributed by atoms with E-state index >= 15 is 0 Å². The number of nitrogens with zero attached hydrogens (tertiary/aromatic N) is 1. The monoisotopic (exact) mass is 410 g/mol. The number of carbonyl (C=O) groups is 1. The number of hydrogen-bond donors (Lipinski definition) is 1. The van der Waals surface area contributed by atoms with Gasteiger partial charge in [-0.05, 0) is 43.5 Å². The Balaban J connectivity index is 1.71. The van der Waals surface area contributed by atoms with Crippen molar-refractivity contribution in [2.75, 3.05) is 7.11 Å². The lowest BCUT2D eigenvalue weighted by molar-refractivity contribution is -0.384. The fourth-order valence-corrected chi connectivity index (χ4v) is 3.33. The molecule has 156 valence electrons. The number of nitrogens with one attached hydrogen (secondary N) is 1. The maximum Gasteiger partial charge on any atom is 0.339 e. The fraction of sp³-hybridized carbons (Fsp3) is 0.273. The third kappa shape index (κ3) is 4.48. The quantitative estimate of drug-likeness (QED) is 0.360. The SMILES string of the molecule is COc1ccc2c(C)c(CCC(=O)NC(C)c3cccc([N+](=O)[O-])c3)c(=O)oc2c1. The van der Waals surface area contributed by atoms with Gasteiger partial charge in [-0.15, -0.1) is 0 Å². The summed E-state index contributed by atoms with van der Waals surface area (Å²) in [6.07, 6.45) is 0.316. The number of aryl methyl sites for hydroxylation is 1. The highest BCUT2D eigenvalue weighted by atomic mass is 16.6. The minimum Gasteiger partial charge on any atom is -0.497 e. The molecule has 1 atom stereocenters. The topological polar surface area (TPSA) is 112 Å². The number of non-ortho nitro benzene ring substituents is 1. The highest BCUT2D eigenvalue weighted by Crippen LogP contribution is 2.24. The van der Waals surface area contributed by atoms with E-state index in [2.05, 4.69) is 5.32 Å². The van der Waals surface area contributed by atoms with Crippen LogP contribution in [0.25, 0.3) is 11.0 Å². The molecule has 0 spiro atoms. The van der Waals surface area contributed by atoms with Crippen molar-refractivity contribution in [3.05, 3.63) is 79.7 Å². The summed E-state index contributed by atoms with van der Waals surface area (Å²) >= 11 is 0. The number of benzene rings is 2. The number of hydrogen-bond acceptors (Lipinski definition) is 6. The van der Waals surface area contributed by atoms with E-state index in [-0.39, 0.29) is 24.4 Å². The van der Waals surface area contributed by atoms with E-state index in [4.69, 9.17) is 9.15 Å². The molecular weight excluding hydrogens is 388 g/mol. The van der Waals surface area contributed by atoms with Crippen molar-refractivity contribution in [3.63, 3.8) is 0 Å². The molecule has 3 rings (SSSR count). The largest absolute Gasteiger partial charge is 0.497 e. The van der Waals surface area contributed by atoms with Gasteiger partial charge in [-0.2, -0.15) is 0 Å². The van der Waals surface area contributed by atoms with Crippen LogP contribution in [-0.4, -0.2) is 17.9 Å². The molecule has 0 fully saturated rings. The molecule has 1 N–H and O–H groups in total. The van der Waals surface area contributed by atoms with Crippen LogP contribution >= 0.6 is 0 Å². The molecule has 0 saturated carbocycles. The van der Waals surface area contributed by atoms with Crippen molar-refractivity contribution in [1.29, 1.82) is 0 Å². The van der Waals surface area contributed by atoms with Gasteiger partial charge in [-0.25, -0.2) is 4.79 Å². The van der Waals surface area contributed by atoms with Gasteiger partial charge in [0.1, 0.15) is 11.3 Å². The van der Waals surface area contributed by atoms with Crippen LogP contribution in [0.15, 0.2) is 51.7 Å². The molecule has 1 heterocycles. The first-order chi connectivity index (χ1) is 14.3. The van der Waals surface area contributed by atoms with Gasteiger partial charge in [0.05, 0.1) is 18.1 Å². The van der Waals surface area contributed by atoms with Gasteiger partial charge in [0.25, 0.3) is 5.69 Å². The number of carbonyl (C=O) groups excluding carboxylic acids is 1. The number of ether oxygens (including phenoxy) is 1. The number of methoxy groups -OCH3 is 1. The first kappa shape index (κ1) is 21.0. The van der Waals surface area contributed by atoms with Gasteiger partial charge < -0.3 is 14.5 Å². The second kappa shape index (κ2) is 8.77. The van der Waals surface area contributed by atoms with E-state index in [1.165, 1.54) is 19.2 Å². The summed E-state index contributed by atoms with van der Waals surface area (Å²) in [7, 11) is 1.54. The average molecular weight is 410 g/mol. The predicted molar refractivity (Wildman–Crippen MR) is 112 cm³/mol. The van der Waals surface area contributed by atoms with Crippen molar-refractivity contribution < 1.29 is 18.9 Å². The van der Waals surface area contributed by atoms with Crippen LogP contribution in [0, 0.1) is 17.0 Å². The summed E-state index contributed by atoms with van der Waals surface area (Å²) in [6.45, 7) is 3.57. The minimum atomic E-state index is -0.479. The Morgan fingerprint density at radius 1 is 1.27 bits per heavy atom. The molecule has 30 heavy (non-hydrogen) atoms. The maximum absolute atomic E-state index is 12.4. The number of fused-ring (bicyclic) bond motifs is 1. The first-order valence-corrected chi connectivity index (χ1v) is 9.44. The van der Waals surface area contributed by atoms with Crippen LogP contribution in [0.5, 0.6) is 5.75 Å². The molecule has 0 aliphatic heterocycles. The highest BCUT2D eigenvalue weighted by Gasteiger charge is 2.16. The summed E-state index contributed by atoms with van der Waals surface area (Å²) in [5.74, 6) is 0.329. The Labute approximate surface area is 172 Å². The van der Waals surface area contributed by atoms with Crippen LogP contribution in [0.2, 0.25) is 0 Å². The molecule has 1 unspecified atom stereocenters. The van der Waals surface area contributed by atoms with E-state index < -0.39 is 16.6 Å². The molecule has 1 aromatic heterocycles. The highest BCUT2D eigenvalue weighted by molar-refractivity contribution is 5.82. The molecule has 0 aliphatic rings. The van der Waals surface area contributed by atoms with Gasteiger partial charge in [-0.1, -0.05) is 12.1 Å². The Morgan fingerprint density at radius 2 is 2.03 bits per heavy atom. The van der Waals surface area contributed by atoms with Crippen molar-refractivity contribution in [1.82, 2.24) is 5.32 Å². The van der Waals surface area contributed by atoms with Crippen LogP contribution < -0.4 is 15.7 Å². The molecular formula is C22H22N2O6. The van der Waals surface area contributed by atoms with Crippen molar-refractivity contribution >= 4 is 22.6 Å². The van der Waals surface area contributed by atoms with Crippen LogP contribution in [0.1, 0.15) is 36.1 Å². The molecule has 1 amide bonds. The summed E-state index contributed by atoms with van der Waals surface area (Å²) in [5.41, 5.74) is 1.77. The van der Waals surface area contributed by atoms with Gasteiger partial charge in [0.2, 0.25) is 5.91 Å². The normalized spacial score (nSPS) is 11.8. The van der Waals surface area contributed by atoms with Gasteiger partial charge >= 0.3 is 5.63 Å². The molecule has 0 radical (unpaired) electrons. The van der Waals surface area contributed by atoms with E-state index in [1.807, 2.05) is 13.0 Å². The lowest BCUT2D eigenvalue weighted by Gasteiger charge is -2.14. The molecule has 8 heteroatoms. The zero-order valence-electron chi connectivity index (χ0n) is 16.9. The van der Waals surface area contributed by atoms with Crippen LogP contribution in [-0.2, 0) is 11.2 Å². The smallest absolute Gasteiger partial charge is 0.339 e. The molecule has 2 aromatic carbocycles. The Morgan fingerprint density at radius 3 is 2.73 bits per heavy atom. The molecule has 3 aromatic rings. The van der Waals surface area contributed by atoms with Crippen molar-refractivity contribution in [2.24, 2.45) is 0 Å². The maximum atomic E-state index is 12.4. The van der Waals surface area contributed by atoms with Gasteiger partial charge in [-0.3, -0.25) is 14.9 Å². The Kier molecular flexibility index (Phi) is 6.15. The third-order valence-corrected chi connectivity index (χ3v) is 5.06. The standard InChI is InChI=1S/C22H22N2O6/c1-13-18-8-7-17(29-3)12-20(18)30-22(26)19(13)9-10-21(25)23-14(2)15-5-4-6-16(11-15)24(27)28/h4-8,11-12,14H,9-10H2,1-3H3,(H,23,25). The second-order valence-electron chi connectivity index (χ2n) is 7.00. The van der Waals surface area contributed by atoms with Gasteiger partial charge in [0.15, 0.2) is 0 Å². The van der Waals surface area contributed by atoms with Crippen LogP contribution in [0.4, 0.5) is 5.69 Å². The summed E-state index contributed by atoms with van der Waals surface area (Å²) in [5, 5.41) is 14.5. The van der Waals surface area contributed by atoms with Crippen molar-refractivity contribution in [2.45, 2.75) is 32.7 Å². The predicted octanol–water partition coefficient (Wildman–Crippen LogP) is 3.83. The van der Waals surface area contributed by atoms with Crippen molar-refractivity contribution in [3.8, 4) is 5.75 Å². The van der Waals surface area contributed by atoms with E-state index in [0.29, 0.717) is 22.5 Å². The average Bonchev–Trinajstić information content (AvgIpc) is 2.73. The first-order valence-electron chi connectivity index (χ1n) is 9.44. The third-order valence-electron chi connectivity index (χ3n) is 5.06. The van der Waals surface area contributed by atoms with E-state index in [0.717, 1.165) is 10.9 Å². The molecule has 0 saturated heterocycles. The molecule has 8 nitrogen and oxygen atoms in total. The van der Waals surface area contributed by atoms with Crippen LogP contribution in [0.3, 0.4) is 0 Å². The van der Waals surface area contributed by atoms with Gasteiger partial charge in [0, 0.05) is 35.6 Å². The minimum absolute atomic E-state index is 0.0328. The number of nitro groups is 1. The summed E-state index contributed by atoms with van der Waals surface area (Å²) in [6, 6.07) is 11.0. The lowest BCUT2D eigenvalue weighted by atomic mass is 10.0. The Hall–Kier alpha value is -3.68. The number of amides is 1. The lowest BCUT2D eigenvalue weighted by Crippen LogP contribution is -2.27. The zero-order valence-corrected chi connectivity index (χ0v) is 16.9. The number of nitro benzene ring substituents is 1. The zero-order chi connectivity index (χ0) is 21.8. The fourth-order valence-electron chi connectivity index (χ4n) is 3.33. The summed E-state index contributed by atoms with van der Waals surface area (Å²) in [4.78, 5) is 35.2. The summed E-state index contributed by atoms with van der Waals surface area (Å²) < 4.78 is 10.6. The molecule has 0 aliphatic carbocycles. The Bertz CT molecular complexity index is 1170. The molecule has 0 bridgehead atoms. The second-order valence-corrected chi connectivity index (χ2v) is 7.00.